The number of aromatic nitrogens is 2. The molecule has 1 aromatic heterocycles. The first-order valence-electron chi connectivity index (χ1n) is 10.5. The van der Waals surface area contributed by atoms with Gasteiger partial charge in [-0.15, -0.1) is 0 Å². The number of carbonyl (C=O) groups excluding carboxylic acids is 1. The van der Waals surface area contributed by atoms with Crippen LogP contribution in [0.4, 0.5) is 0 Å². The van der Waals surface area contributed by atoms with Crippen LogP contribution in [0.25, 0.3) is 11.0 Å². The number of aryl methyl sites for hydroxylation is 2. The van der Waals surface area contributed by atoms with Crippen molar-refractivity contribution >= 4 is 16.9 Å². The van der Waals surface area contributed by atoms with Crippen LogP contribution in [0.3, 0.4) is 0 Å². The van der Waals surface area contributed by atoms with Gasteiger partial charge in [0, 0.05) is 44.8 Å². The molecule has 1 aliphatic heterocycles. The van der Waals surface area contributed by atoms with Gasteiger partial charge in [-0.05, 0) is 50.2 Å². The van der Waals surface area contributed by atoms with Crippen molar-refractivity contribution < 1.29 is 4.79 Å². The van der Waals surface area contributed by atoms with Crippen molar-refractivity contribution in [2.75, 3.05) is 33.2 Å². The van der Waals surface area contributed by atoms with E-state index < -0.39 is 0 Å². The second-order valence-corrected chi connectivity index (χ2v) is 8.18. The van der Waals surface area contributed by atoms with Crippen molar-refractivity contribution in [2.24, 2.45) is 0 Å². The lowest BCUT2D eigenvalue weighted by atomic mass is 10.1. The molecule has 0 aliphatic carbocycles. The molecule has 6 nitrogen and oxygen atoms in total. The minimum absolute atomic E-state index is 0.0959. The molecule has 156 valence electrons. The zero-order valence-electron chi connectivity index (χ0n) is 18.0. The Bertz CT molecular complexity index is 1060. The van der Waals surface area contributed by atoms with Gasteiger partial charge in [-0.2, -0.15) is 0 Å². The summed E-state index contributed by atoms with van der Waals surface area (Å²) in [7, 11) is 2.17. The number of carbonyl (C=O) groups is 1. The number of nitrogens with zero attached hydrogens (tertiary/aromatic N) is 4. The largest absolute Gasteiger partial charge is 0.348 e. The lowest BCUT2D eigenvalue weighted by molar-refractivity contribution is 0.0951. The molecule has 0 atom stereocenters. The Morgan fingerprint density at radius 2 is 1.63 bits per heavy atom. The standard InChI is InChI=1S/C24H29N5O/c1-17-18(2)27-23-14-21(7-8-22(23)26-17)24(30)25-15-19-5-4-6-20(13-19)16-29-11-9-28(3)10-12-29/h4-8,13-14H,9-12,15-16H2,1-3H3,(H,25,30). The molecular weight excluding hydrogens is 374 g/mol. The van der Waals surface area contributed by atoms with Crippen molar-refractivity contribution in [2.45, 2.75) is 26.9 Å². The third-order valence-corrected chi connectivity index (χ3v) is 5.78. The minimum atomic E-state index is -0.0959. The Balaban J connectivity index is 1.39. The predicted octanol–water partition coefficient (Wildman–Crippen LogP) is 2.92. The summed E-state index contributed by atoms with van der Waals surface area (Å²) in [5.74, 6) is -0.0959. The molecule has 1 saturated heterocycles. The van der Waals surface area contributed by atoms with Crippen LogP contribution in [-0.2, 0) is 13.1 Å². The molecule has 6 heteroatoms. The minimum Gasteiger partial charge on any atom is -0.348 e. The van der Waals surface area contributed by atoms with E-state index in [1.807, 2.05) is 32.0 Å². The summed E-state index contributed by atoms with van der Waals surface area (Å²) < 4.78 is 0. The van der Waals surface area contributed by atoms with Crippen molar-refractivity contribution in [3.63, 3.8) is 0 Å². The average Bonchev–Trinajstić information content (AvgIpc) is 2.74. The Kier molecular flexibility index (Phi) is 6.06. The highest BCUT2D eigenvalue weighted by atomic mass is 16.1. The van der Waals surface area contributed by atoms with Crippen molar-refractivity contribution in [1.29, 1.82) is 0 Å². The summed E-state index contributed by atoms with van der Waals surface area (Å²) in [6.07, 6.45) is 0. The Morgan fingerprint density at radius 3 is 2.40 bits per heavy atom. The molecule has 1 aliphatic rings. The van der Waals surface area contributed by atoms with E-state index in [1.54, 1.807) is 0 Å². The van der Waals surface area contributed by atoms with E-state index >= 15 is 0 Å². The fourth-order valence-corrected chi connectivity index (χ4v) is 3.76. The normalized spacial score (nSPS) is 15.4. The number of piperazine rings is 1. The van der Waals surface area contributed by atoms with E-state index in [-0.39, 0.29) is 5.91 Å². The SMILES string of the molecule is Cc1nc2ccc(C(=O)NCc3cccc(CN4CCN(C)CC4)c3)cc2nc1C. The Labute approximate surface area is 177 Å². The third-order valence-electron chi connectivity index (χ3n) is 5.78. The third kappa shape index (κ3) is 4.83. The second kappa shape index (κ2) is 8.90. The Hall–Kier alpha value is -2.83. The summed E-state index contributed by atoms with van der Waals surface area (Å²) in [6, 6.07) is 14.0. The van der Waals surface area contributed by atoms with Crippen LogP contribution in [0.5, 0.6) is 0 Å². The smallest absolute Gasteiger partial charge is 0.251 e. The van der Waals surface area contributed by atoms with Gasteiger partial charge in [-0.25, -0.2) is 9.97 Å². The topological polar surface area (TPSA) is 61.4 Å². The summed E-state index contributed by atoms with van der Waals surface area (Å²) in [6.45, 7) is 9.77. The summed E-state index contributed by atoms with van der Waals surface area (Å²) in [5, 5.41) is 3.04. The number of likely N-dealkylation sites (N-methyl/N-ethyl adjacent to an activating group) is 1. The molecule has 2 aromatic carbocycles. The first-order valence-corrected chi connectivity index (χ1v) is 10.5. The van der Waals surface area contributed by atoms with Gasteiger partial charge in [0.1, 0.15) is 0 Å². The number of amides is 1. The van der Waals surface area contributed by atoms with Gasteiger partial charge in [0.25, 0.3) is 5.91 Å². The molecule has 0 saturated carbocycles. The second-order valence-electron chi connectivity index (χ2n) is 8.18. The average molecular weight is 404 g/mol. The molecule has 3 aromatic rings. The van der Waals surface area contributed by atoms with E-state index in [4.69, 9.17) is 0 Å². The van der Waals surface area contributed by atoms with Crippen LogP contribution in [0.15, 0.2) is 42.5 Å². The molecule has 0 spiro atoms. The Morgan fingerprint density at radius 1 is 0.933 bits per heavy atom. The van der Waals surface area contributed by atoms with Gasteiger partial charge in [-0.3, -0.25) is 9.69 Å². The molecule has 1 N–H and O–H groups in total. The maximum Gasteiger partial charge on any atom is 0.251 e. The lowest BCUT2D eigenvalue weighted by Gasteiger charge is -2.32. The molecule has 0 bridgehead atoms. The van der Waals surface area contributed by atoms with Crippen LogP contribution in [0.2, 0.25) is 0 Å². The molecule has 0 unspecified atom stereocenters. The highest BCUT2D eigenvalue weighted by molar-refractivity contribution is 5.97. The molecule has 0 radical (unpaired) electrons. The maximum absolute atomic E-state index is 12.7. The van der Waals surface area contributed by atoms with Gasteiger partial charge < -0.3 is 10.2 Å². The molecule has 30 heavy (non-hydrogen) atoms. The molecule has 4 rings (SSSR count). The molecule has 1 fully saturated rings. The quantitative estimate of drug-likeness (QED) is 0.710. The fourth-order valence-electron chi connectivity index (χ4n) is 3.76. The van der Waals surface area contributed by atoms with E-state index in [2.05, 4.69) is 56.4 Å². The highest BCUT2D eigenvalue weighted by Crippen LogP contribution is 2.15. The first-order chi connectivity index (χ1) is 14.5. The van der Waals surface area contributed by atoms with Gasteiger partial charge in [-0.1, -0.05) is 24.3 Å². The van der Waals surface area contributed by atoms with Crippen LogP contribution >= 0.6 is 0 Å². The van der Waals surface area contributed by atoms with Crippen molar-refractivity contribution in [3.8, 4) is 0 Å². The summed E-state index contributed by atoms with van der Waals surface area (Å²) in [5.41, 5.74) is 6.37. The monoisotopic (exact) mass is 403 g/mol. The van der Waals surface area contributed by atoms with E-state index in [1.165, 1.54) is 5.56 Å². The number of benzene rings is 2. The van der Waals surface area contributed by atoms with Gasteiger partial charge >= 0.3 is 0 Å². The number of fused-ring (bicyclic) bond motifs is 1. The molecule has 1 amide bonds. The van der Waals surface area contributed by atoms with E-state index in [0.717, 1.165) is 60.7 Å². The number of rotatable bonds is 5. The maximum atomic E-state index is 12.7. The highest BCUT2D eigenvalue weighted by Gasteiger charge is 2.14. The lowest BCUT2D eigenvalue weighted by Crippen LogP contribution is -2.43. The van der Waals surface area contributed by atoms with Gasteiger partial charge in [0.05, 0.1) is 22.4 Å². The summed E-state index contributed by atoms with van der Waals surface area (Å²) in [4.78, 5) is 26.6. The number of hydrogen-bond donors (Lipinski definition) is 1. The van der Waals surface area contributed by atoms with Crippen LogP contribution < -0.4 is 5.32 Å². The number of hydrogen-bond acceptors (Lipinski definition) is 5. The van der Waals surface area contributed by atoms with Crippen LogP contribution in [0, 0.1) is 13.8 Å². The molecular formula is C24H29N5O. The summed E-state index contributed by atoms with van der Waals surface area (Å²) >= 11 is 0. The fraction of sp³-hybridized carbons (Fsp3) is 0.375. The predicted molar refractivity (Wildman–Crippen MR) is 119 cm³/mol. The van der Waals surface area contributed by atoms with Crippen molar-refractivity contribution in [1.82, 2.24) is 25.1 Å². The zero-order chi connectivity index (χ0) is 21.1. The van der Waals surface area contributed by atoms with Gasteiger partial charge in [0.2, 0.25) is 0 Å². The van der Waals surface area contributed by atoms with Crippen molar-refractivity contribution in [3.05, 3.63) is 70.5 Å². The van der Waals surface area contributed by atoms with Gasteiger partial charge in [0.15, 0.2) is 0 Å². The van der Waals surface area contributed by atoms with Crippen LogP contribution in [-0.4, -0.2) is 58.9 Å². The van der Waals surface area contributed by atoms with E-state index in [9.17, 15) is 4.79 Å². The first kappa shape index (κ1) is 20.4. The van der Waals surface area contributed by atoms with Crippen LogP contribution in [0.1, 0.15) is 32.9 Å². The van der Waals surface area contributed by atoms with E-state index in [0.29, 0.717) is 12.1 Å². The number of nitrogens with one attached hydrogen (secondary N) is 1. The molecule has 2 heterocycles. The zero-order valence-corrected chi connectivity index (χ0v) is 18.0.